The number of rotatable bonds is 11. The Bertz CT molecular complexity index is 730. The fourth-order valence-electron chi connectivity index (χ4n) is 3.24. The fourth-order valence-corrected chi connectivity index (χ4v) is 3.24. The van der Waals surface area contributed by atoms with Crippen molar-refractivity contribution in [3.63, 3.8) is 0 Å². The molecule has 0 saturated carbocycles. The number of amides is 3. The summed E-state index contributed by atoms with van der Waals surface area (Å²) in [5.41, 5.74) is 0.565. The molecule has 166 valence electrons. The van der Waals surface area contributed by atoms with Gasteiger partial charge in [0.15, 0.2) is 0 Å². The number of aromatic nitrogens is 2. The van der Waals surface area contributed by atoms with Crippen LogP contribution in [0.25, 0.3) is 0 Å². The Hall–Kier alpha value is -2.95. The Morgan fingerprint density at radius 2 is 2.00 bits per heavy atom. The van der Waals surface area contributed by atoms with E-state index >= 15 is 0 Å². The number of aliphatic carboxylic acids is 1. The molecule has 1 fully saturated rings. The molecule has 3 amide bonds. The number of aromatic amines is 1. The Morgan fingerprint density at radius 3 is 2.57 bits per heavy atom. The first-order chi connectivity index (χ1) is 14.3. The molecule has 1 saturated heterocycles. The van der Waals surface area contributed by atoms with Crippen LogP contribution in [0.5, 0.6) is 0 Å². The molecule has 3 atom stereocenters. The molecule has 0 radical (unpaired) electrons. The van der Waals surface area contributed by atoms with Crippen LogP contribution in [0, 0.1) is 5.92 Å². The molecular weight excluding hydrogens is 392 g/mol. The maximum Gasteiger partial charge on any atom is 0.326 e. The number of carboxylic acid groups (broad SMARTS) is 1. The monoisotopic (exact) mass is 422 g/mol. The topological polar surface area (TPSA) is 165 Å². The van der Waals surface area contributed by atoms with E-state index in [1.807, 2.05) is 13.8 Å². The second-order valence-corrected chi connectivity index (χ2v) is 7.80. The summed E-state index contributed by atoms with van der Waals surface area (Å²) in [6.45, 7) is 4.29. The summed E-state index contributed by atoms with van der Waals surface area (Å²) in [5.74, 6) is -2.47. The molecule has 6 N–H and O–H groups in total. The third kappa shape index (κ3) is 7.47. The lowest BCUT2D eigenvalue weighted by atomic mass is 10.0. The lowest BCUT2D eigenvalue weighted by Crippen LogP contribution is -2.54. The van der Waals surface area contributed by atoms with E-state index in [1.165, 1.54) is 12.5 Å². The highest BCUT2D eigenvalue weighted by atomic mass is 16.4. The van der Waals surface area contributed by atoms with Crippen LogP contribution in [0.1, 0.15) is 38.8 Å². The Morgan fingerprint density at radius 1 is 1.23 bits per heavy atom. The van der Waals surface area contributed by atoms with Gasteiger partial charge in [-0.1, -0.05) is 13.8 Å². The average Bonchev–Trinajstić information content (AvgIpc) is 3.38. The number of hydrogen-bond donors (Lipinski definition) is 6. The van der Waals surface area contributed by atoms with Crippen LogP contribution in [0.2, 0.25) is 0 Å². The van der Waals surface area contributed by atoms with Gasteiger partial charge in [-0.25, -0.2) is 9.78 Å². The van der Waals surface area contributed by atoms with Gasteiger partial charge in [0.05, 0.1) is 18.9 Å². The quantitative estimate of drug-likeness (QED) is 0.264. The summed E-state index contributed by atoms with van der Waals surface area (Å²) in [7, 11) is 0. The van der Waals surface area contributed by atoms with Gasteiger partial charge in [-0.2, -0.15) is 0 Å². The lowest BCUT2D eigenvalue weighted by Gasteiger charge is -2.23. The largest absolute Gasteiger partial charge is 0.480 e. The van der Waals surface area contributed by atoms with E-state index in [0.717, 1.165) is 19.4 Å². The second kappa shape index (κ2) is 11.3. The predicted molar refractivity (Wildman–Crippen MR) is 107 cm³/mol. The average molecular weight is 422 g/mol. The number of nitrogens with zero attached hydrogens (tertiary/aromatic N) is 1. The predicted octanol–water partition coefficient (Wildman–Crippen LogP) is -1.08. The summed E-state index contributed by atoms with van der Waals surface area (Å²) in [4.78, 5) is 55.2. The highest BCUT2D eigenvalue weighted by Crippen LogP contribution is 2.07. The molecule has 1 aliphatic heterocycles. The zero-order valence-electron chi connectivity index (χ0n) is 17.2. The summed E-state index contributed by atoms with van der Waals surface area (Å²) < 4.78 is 0. The highest BCUT2D eigenvalue weighted by Gasteiger charge is 2.28. The molecule has 0 aromatic carbocycles. The van der Waals surface area contributed by atoms with Crippen LogP contribution in [0.4, 0.5) is 0 Å². The lowest BCUT2D eigenvalue weighted by molar-refractivity contribution is -0.142. The van der Waals surface area contributed by atoms with Gasteiger partial charge < -0.3 is 31.4 Å². The van der Waals surface area contributed by atoms with Gasteiger partial charge in [-0.3, -0.25) is 14.4 Å². The van der Waals surface area contributed by atoms with Gasteiger partial charge in [0.2, 0.25) is 17.7 Å². The smallest absolute Gasteiger partial charge is 0.326 e. The van der Waals surface area contributed by atoms with E-state index in [-0.39, 0.29) is 30.8 Å². The molecule has 0 bridgehead atoms. The molecule has 0 spiro atoms. The van der Waals surface area contributed by atoms with Gasteiger partial charge in [0.1, 0.15) is 12.1 Å². The molecule has 11 nitrogen and oxygen atoms in total. The zero-order valence-corrected chi connectivity index (χ0v) is 17.2. The molecule has 2 rings (SSSR count). The highest BCUT2D eigenvalue weighted by molar-refractivity contribution is 5.92. The van der Waals surface area contributed by atoms with Crippen LogP contribution in [-0.2, 0) is 25.6 Å². The molecule has 11 heteroatoms. The molecule has 1 aromatic heterocycles. The number of hydrogen-bond acceptors (Lipinski definition) is 6. The van der Waals surface area contributed by atoms with Gasteiger partial charge >= 0.3 is 5.97 Å². The Balaban J connectivity index is 1.91. The first-order valence-electron chi connectivity index (χ1n) is 10.1. The van der Waals surface area contributed by atoms with Crippen molar-refractivity contribution >= 4 is 23.7 Å². The van der Waals surface area contributed by atoms with E-state index in [1.54, 1.807) is 0 Å². The van der Waals surface area contributed by atoms with Gasteiger partial charge in [-0.15, -0.1) is 0 Å². The normalized spacial score (nSPS) is 17.9. The van der Waals surface area contributed by atoms with Gasteiger partial charge in [0.25, 0.3) is 0 Å². The Kier molecular flexibility index (Phi) is 8.78. The second-order valence-electron chi connectivity index (χ2n) is 7.80. The van der Waals surface area contributed by atoms with E-state index in [2.05, 4.69) is 31.2 Å². The Labute approximate surface area is 174 Å². The third-order valence-electron chi connectivity index (χ3n) is 4.75. The fraction of sp³-hybridized carbons (Fsp3) is 0.632. The SMILES string of the molecule is CC(C)CC(NC(=O)CNC(=O)C1CCCN1)C(=O)NC(Cc1cnc[nH]1)C(=O)O. The molecule has 1 aromatic rings. The maximum atomic E-state index is 12.7. The summed E-state index contributed by atoms with van der Waals surface area (Å²) in [5, 5.41) is 20.1. The third-order valence-corrected chi connectivity index (χ3v) is 4.75. The van der Waals surface area contributed by atoms with Crippen molar-refractivity contribution < 1.29 is 24.3 Å². The molecule has 2 heterocycles. The van der Waals surface area contributed by atoms with Crippen molar-refractivity contribution in [2.75, 3.05) is 13.1 Å². The molecule has 3 unspecified atom stereocenters. The van der Waals surface area contributed by atoms with Crippen molar-refractivity contribution in [1.29, 1.82) is 0 Å². The van der Waals surface area contributed by atoms with Crippen molar-refractivity contribution in [3.05, 3.63) is 18.2 Å². The van der Waals surface area contributed by atoms with Gasteiger partial charge in [-0.05, 0) is 31.7 Å². The number of carboxylic acids is 1. The van der Waals surface area contributed by atoms with Crippen LogP contribution >= 0.6 is 0 Å². The van der Waals surface area contributed by atoms with Crippen molar-refractivity contribution in [1.82, 2.24) is 31.2 Å². The summed E-state index contributed by atoms with van der Waals surface area (Å²) in [6, 6.07) is -2.38. The van der Waals surface area contributed by atoms with Crippen LogP contribution in [0.3, 0.4) is 0 Å². The van der Waals surface area contributed by atoms with Crippen molar-refractivity contribution in [2.45, 2.75) is 57.7 Å². The van der Waals surface area contributed by atoms with E-state index in [0.29, 0.717) is 12.1 Å². The number of carbonyl (C=O) groups excluding carboxylic acids is 3. The summed E-state index contributed by atoms with van der Waals surface area (Å²) >= 11 is 0. The number of H-pyrrole nitrogens is 1. The van der Waals surface area contributed by atoms with Gasteiger partial charge in [0, 0.05) is 18.3 Å². The first-order valence-corrected chi connectivity index (χ1v) is 10.1. The molecule has 1 aliphatic rings. The van der Waals surface area contributed by atoms with E-state index in [9.17, 15) is 24.3 Å². The molecule has 30 heavy (non-hydrogen) atoms. The zero-order chi connectivity index (χ0) is 22.1. The molecule has 0 aliphatic carbocycles. The van der Waals surface area contributed by atoms with E-state index in [4.69, 9.17) is 0 Å². The number of imidazole rings is 1. The van der Waals surface area contributed by atoms with Crippen LogP contribution in [-0.4, -0.2) is 70.0 Å². The van der Waals surface area contributed by atoms with Crippen LogP contribution in [0.15, 0.2) is 12.5 Å². The van der Waals surface area contributed by atoms with Crippen LogP contribution < -0.4 is 21.3 Å². The first kappa shape index (κ1) is 23.3. The summed E-state index contributed by atoms with van der Waals surface area (Å²) in [6.07, 6.45) is 4.90. The minimum Gasteiger partial charge on any atom is -0.480 e. The van der Waals surface area contributed by atoms with Crippen molar-refractivity contribution in [2.24, 2.45) is 5.92 Å². The standard InChI is InChI=1S/C19H30N6O5/c1-11(2)6-14(24-16(26)9-22-17(27)13-4-3-5-21-13)18(28)25-15(19(29)30)7-12-8-20-10-23-12/h8,10-11,13-15,21H,3-7,9H2,1-2H3,(H,20,23)(H,22,27)(H,24,26)(H,25,28)(H,29,30). The van der Waals surface area contributed by atoms with E-state index < -0.39 is 29.9 Å². The number of nitrogens with one attached hydrogen (secondary N) is 5. The maximum absolute atomic E-state index is 12.7. The molecular formula is C19H30N6O5. The minimum atomic E-state index is -1.19. The minimum absolute atomic E-state index is 0.0356. The number of carbonyl (C=O) groups is 4. The van der Waals surface area contributed by atoms with Crippen molar-refractivity contribution in [3.8, 4) is 0 Å².